The van der Waals surface area contributed by atoms with Crippen LogP contribution < -0.4 is 15.0 Å². The summed E-state index contributed by atoms with van der Waals surface area (Å²) in [5, 5.41) is 3.41. The molecule has 0 spiro atoms. The lowest BCUT2D eigenvalue weighted by Crippen LogP contribution is -2.39. The molecule has 3 heterocycles. The van der Waals surface area contributed by atoms with Gasteiger partial charge < -0.3 is 19.7 Å². The van der Waals surface area contributed by atoms with Gasteiger partial charge in [-0.05, 0) is 31.4 Å². The normalized spacial score (nSPS) is 22.6. The Morgan fingerprint density at radius 2 is 1.97 bits per heavy atom. The monoisotopic (exact) mass is 494 g/mol. The van der Waals surface area contributed by atoms with Crippen molar-refractivity contribution in [2.45, 2.75) is 49.0 Å². The molecule has 0 bridgehead atoms. The minimum absolute atomic E-state index is 0.0445. The summed E-state index contributed by atoms with van der Waals surface area (Å²) in [6, 6.07) is 3.38. The summed E-state index contributed by atoms with van der Waals surface area (Å²) in [6.45, 7) is 2.43. The SMILES string of the molecule is CS(=O)(=O)C1(c2cnc(N3CCC(Oc4ccc(F)cc4F)CC3)c(N[C@@H]3CCOC3)n2)CC1. The van der Waals surface area contributed by atoms with E-state index in [1.807, 2.05) is 0 Å². The maximum absolute atomic E-state index is 14.0. The van der Waals surface area contributed by atoms with Gasteiger partial charge >= 0.3 is 0 Å². The number of nitrogens with zero attached hydrogens (tertiary/aromatic N) is 3. The summed E-state index contributed by atoms with van der Waals surface area (Å²) in [7, 11) is -3.31. The highest BCUT2D eigenvalue weighted by molar-refractivity contribution is 7.91. The van der Waals surface area contributed by atoms with E-state index < -0.39 is 26.2 Å². The van der Waals surface area contributed by atoms with E-state index in [1.54, 1.807) is 6.20 Å². The first kappa shape index (κ1) is 23.2. The maximum atomic E-state index is 14.0. The van der Waals surface area contributed by atoms with E-state index in [2.05, 4.69) is 15.2 Å². The Kier molecular flexibility index (Phi) is 6.09. The molecule has 11 heteroatoms. The molecule has 0 radical (unpaired) electrons. The largest absolute Gasteiger partial charge is 0.487 e. The molecule has 1 saturated carbocycles. The van der Waals surface area contributed by atoms with E-state index >= 15 is 0 Å². The third kappa shape index (κ3) is 4.55. The first-order chi connectivity index (χ1) is 16.2. The molecule has 2 aromatic rings. The molecule has 3 fully saturated rings. The van der Waals surface area contributed by atoms with Crippen LogP contribution in [-0.4, -0.2) is 63.1 Å². The average Bonchev–Trinajstić information content (AvgIpc) is 3.48. The molecule has 0 amide bonds. The second kappa shape index (κ2) is 8.92. The molecule has 1 atom stereocenters. The quantitative estimate of drug-likeness (QED) is 0.628. The molecule has 2 saturated heterocycles. The van der Waals surface area contributed by atoms with Crippen molar-refractivity contribution in [3.05, 3.63) is 41.7 Å². The van der Waals surface area contributed by atoms with Crippen LogP contribution in [0.3, 0.4) is 0 Å². The van der Waals surface area contributed by atoms with Gasteiger partial charge in [0.15, 0.2) is 33.0 Å². The standard InChI is InChI=1S/C23H28F2N4O4S/c1-34(30,31)23(7-8-23)20-13-26-22(21(28-20)27-16-6-11-32-14-16)29-9-4-17(5-10-29)33-19-3-2-15(24)12-18(19)25/h2-3,12-13,16-17H,4-11,14H2,1H3,(H,27,28)/t16-/m1/s1. The third-order valence-electron chi connectivity index (χ3n) is 6.83. The summed E-state index contributed by atoms with van der Waals surface area (Å²) in [5.41, 5.74) is 0.477. The molecule has 1 N–H and O–H groups in total. The Labute approximate surface area is 197 Å². The molecule has 1 aromatic carbocycles. The summed E-state index contributed by atoms with van der Waals surface area (Å²) < 4.78 is 62.2. The molecule has 1 aromatic heterocycles. The molecule has 8 nitrogen and oxygen atoms in total. The van der Waals surface area contributed by atoms with Gasteiger partial charge in [-0.3, -0.25) is 0 Å². The van der Waals surface area contributed by atoms with Crippen LogP contribution >= 0.6 is 0 Å². The number of ether oxygens (including phenoxy) is 2. The van der Waals surface area contributed by atoms with Gasteiger partial charge in [0.2, 0.25) is 0 Å². The summed E-state index contributed by atoms with van der Waals surface area (Å²) >= 11 is 0. The van der Waals surface area contributed by atoms with E-state index in [0.29, 0.717) is 69.3 Å². The summed E-state index contributed by atoms with van der Waals surface area (Å²) in [5.74, 6) is -0.0893. The predicted octanol–water partition coefficient (Wildman–Crippen LogP) is 3.04. The van der Waals surface area contributed by atoms with Crippen molar-refractivity contribution >= 4 is 21.5 Å². The number of sulfone groups is 1. The fourth-order valence-corrected chi connectivity index (χ4v) is 5.96. The molecule has 34 heavy (non-hydrogen) atoms. The fraction of sp³-hybridized carbons (Fsp3) is 0.565. The predicted molar refractivity (Wildman–Crippen MR) is 123 cm³/mol. The number of nitrogens with one attached hydrogen (secondary N) is 1. The number of rotatable bonds is 7. The number of halogens is 2. The minimum Gasteiger partial charge on any atom is -0.487 e. The first-order valence-corrected chi connectivity index (χ1v) is 13.4. The van der Waals surface area contributed by atoms with Crippen molar-refractivity contribution in [2.24, 2.45) is 0 Å². The molecule has 1 aliphatic carbocycles. The highest BCUT2D eigenvalue weighted by Crippen LogP contribution is 2.52. The Hall–Kier alpha value is -2.53. The zero-order chi connectivity index (χ0) is 23.9. The van der Waals surface area contributed by atoms with Crippen LogP contribution in [0.5, 0.6) is 5.75 Å². The molecule has 0 unspecified atom stereocenters. The first-order valence-electron chi connectivity index (χ1n) is 11.5. The van der Waals surface area contributed by atoms with Crippen molar-refractivity contribution in [1.29, 1.82) is 0 Å². The Balaban J connectivity index is 1.33. The molecule has 2 aliphatic heterocycles. The van der Waals surface area contributed by atoms with Crippen molar-refractivity contribution < 1.29 is 26.7 Å². The number of benzene rings is 1. The average molecular weight is 495 g/mol. The smallest absolute Gasteiger partial charge is 0.171 e. The lowest BCUT2D eigenvalue weighted by molar-refractivity contribution is 0.163. The van der Waals surface area contributed by atoms with E-state index in [9.17, 15) is 17.2 Å². The molecule has 3 aliphatic rings. The van der Waals surface area contributed by atoms with E-state index in [1.165, 1.54) is 18.4 Å². The van der Waals surface area contributed by atoms with Gasteiger partial charge in [-0.15, -0.1) is 0 Å². The Morgan fingerprint density at radius 3 is 2.59 bits per heavy atom. The number of anilines is 2. The minimum atomic E-state index is -3.31. The summed E-state index contributed by atoms with van der Waals surface area (Å²) in [4.78, 5) is 11.5. The zero-order valence-electron chi connectivity index (χ0n) is 19.0. The number of hydrogen-bond donors (Lipinski definition) is 1. The van der Waals surface area contributed by atoms with Gasteiger partial charge in [0.1, 0.15) is 16.7 Å². The summed E-state index contributed by atoms with van der Waals surface area (Å²) in [6.07, 6.45) is 5.81. The van der Waals surface area contributed by atoms with Crippen LogP contribution in [0.15, 0.2) is 24.4 Å². The van der Waals surface area contributed by atoms with Crippen molar-refractivity contribution in [1.82, 2.24) is 9.97 Å². The van der Waals surface area contributed by atoms with Crippen LogP contribution in [0.25, 0.3) is 0 Å². The molecular weight excluding hydrogens is 466 g/mol. The Bertz CT molecular complexity index is 1160. The van der Waals surface area contributed by atoms with Gasteiger partial charge in [0.05, 0.1) is 24.5 Å². The second-order valence-electron chi connectivity index (χ2n) is 9.28. The third-order valence-corrected chi connectivity index (χ3v) is 8.87. The van der Waals surface area contributed by atoms with Crippen molar-refractivity contribution in [3.8, 4) is 5.75 Å². The topological polar surface area (TPSA) is 93.7 Å². The highest BCUT2D eigenvalue weighted by atomic mass is 32.2. The van der Waals surface area contributed by atoms with Gasteiger partial charge in [-0.1, -0.05) is 0 Å². The molecular formula is C23H28F2N4O4S. The van der Waals surface area contributed by atoms with E-state index in [4.69, 9.17) is 14.5 Å². The van der Waals surface area contributed by atoms with Crippen LogP contribution in [-0.2, 0) is 19.3 Å². The highest BCUT2D eigenvalue weighted by Gasteiger charge is 2.55. The van der Waals surface area contributed by atoms with E-state index in [-0.39, 0.29) is 17.9 Å². The van der Waals surface area contributed by atoms with Gasteiger partial charge in [-0.2, -0.15) is 0 Å². The fourth-order valence-electron chi connectivity index (χ4n) is 4.64. The maximum Gasteiger partial charge on any atom is 0.171 e. The van der Waals surface area contributed by atoms with Gasteiger partial charge in [0, 0.05) is 44.9 Å². The Morgan fingerprint density at radius 1 is 1.21 bits per heavy atom. The van der Waals surface area contributed by atoms with Crippen LogP contribution in [0.1, 0.15) is 37.8 Å². The number of piperidine rings is 1. The van der Waals surface area contributed by atoms with Crippen molar-refractivity contribution in [2.75, 3.05) is 42.8 Å². The van der Waals surface area contributed by atoms with Crippen molar-refractivity contribution in [3.63, 3.8) is 0 Å². The second-order valence-corrected chi connectivity index (χ2v) is 11.6. The zero-order valence-corrected chi connectivity index (χ0v) is 19.8. The lowest BCUT2D eigenvalue weighted by atomic mass is 10.1. The van der Waals surface area contributed by atoms with Gasteiger partial charge in [-0.25, -0.2) is 27.2 Å². The molecule has 184 valence electrons. The molecule has 5 rings (SSSR count). The number of aromatic nitrogens is 2. The lowest BCUT2D eigenvalue weighted by Gasteiger charge is -2.34. The van der Waals surface area contributed by atoms with Gasteiger partial charge in [0.25, 0.3) is 0 Å². The van der Waals surface area contributed by atoms with E-state index in [0.717, 1.165) is 12.5 Å². The number of hydrogen-bond acceptors (Lipinski definition) is 8. The van der Waals surface area contributed by atoms with Crippen LogP contribution in [0, 0.1) is 11.6 Å². The van der Waals surface area contributed by atoms with Crippen LogP contribution in [0.2, 0.25) is 0 Å². The van der Waals surface area contributed by atoms with Crippen LogP contribution in [0.4, 0.5) is 20.4 Å².